The first-order valence-corrected chi connectivity index (χ1v) is 13.3. The molecule has 0 aliphatic carbocycles. The van der Waals surface area contributed by atoms with Crippen LogP contribution in [0.4, 0.5) is 0 Å². The zero-order valence-electron chi connectivity index (χ0n) is 21.2. The van der Waals surface area contributed by atoms with Gasteiger partial charge in [0, 0.05) is 29.6 Å². The van der Waals surface area contributed by atoms with Gasteiger partial charge in [-0.2, -0.15) is 0 Å². The fourth-order valence-electron chi connectivity index (χ4n) is 4.23. The number of hydrogen-bond acceptors (Lipinski definition) is 2. The molecule has 0 unspecified atom stereocenters. The largest absolute Gasteiger partial charge is 0.350 e. The molecule has 0 fully saturated rings. The Balaban J connectivity index is 1.63. The Morgan fingerprint density at radius 2 is 1.26 bits per heavy atom. The van der Waals surface area contributed by atoms with E-state index in [0.29, 0.717) is 23.0 Å². The third kappa shape index (κ3) is 7.95. The van der Waals surface area contributed by atoms with Crippen LogP contribution in [0.25, 0.3) is 0 Å². The Bertz CT molecular complexity index is 1340. The summed E-state index contributed by atoms with van der Waals surface area (Å²) in [5.41, 5.74) is 4.86. The second-order valence-electron chi connectivity index (χ2n) is 9.36. The van der Waals surface area contributed by atoms with E-state index in [-0.39, 0.29) is 24.8 Å². The first-order valence-electron chi connectivity index (χ1n) is 12.5. The molecular weight excluding hydrogens is 515 g/mol. The number of benzene rings is 4. The maximum Gasteiger partial charge on any atom is 0.243 e. The van der Waals surface area contributed by atoms with Crippen molar-refractivity contribution in [3.8, 4) is 0 Å². The molecule has 0 heterocycles. The highest BCUT2D eigenvalue weighted by Gasteiger charge is 2.30. The molecule has 0 aromatic heterocycles. The van der Waals surface area contributed by atoms with Gasteiger partial charge >= 0.3 is 0 Å². The van der Waals surface area contributed by atoms with Crippen molar-refractivity contribution in [1.29, 1.82) is 0 Å². The van der Waals surface area contributed by atoms with Crippen LogP contribution in [-0.4, -0.2) is 22.8 Å². The van der Waals surface area contributed by atoms with E-state index in [0.717, 1.165) is 27.8 Å². The third-order valence-electron chi connectivity index (χ3n) is 6.39. The molecule has 4 rings (SSSR count). The van der Waals surface area contributed by atoms with E-state index >= 15 is 0 Å². The van der Waals surface area contributed by atoms with Gasteiger partial charge in [0.2, 0.25) is 11.8 Å². The van der Waals surface area contributed by atoms with Crippen molar-refractivity contribution in [3.63, 3.8) is 0 Å². The van der Waals surface area contributed by atoms with Gasteiger partial charge in [0.1, 0.15) is 6.04 Å². The molecule has 0 spiro atoms. The summed E-state index contributed by atoms with van der Waals surface area (Å²) in [6, 6.07) is 31.7. The topological polar surface area (TPSA) is 49.4 Å². The van der Waals surface area contributed by atoms with E-state index in [1.165, 1.54) is 0 Å². The van der Waals surface area contributed by atoms with Crippen molar-refractivity contribution in [2.45, 2.75) is 38.9 Å². The summed E-state index contributed by atoms with van der Waals surface area (Å²) in [6.07, 6.45) is 0.543. The smallest absolute Gasteiger partial charge is 0.243 e. The first kappa shape index (κ1) is 27.4. The Kier molecular flexibility index (Phi) is 9.58. The number of carbonyl (C=O) groups is 2. The van der Waals surface area contributed by atoms with Gasteiger partial charge in [-0.05, 0) is 53.4 Å². The van der Waals surface area contributed by atoms with Crippen LogP contribution in [0, 0.1) is 6.92 Å². The summed E-state index contributed by atoms with van der Waals surface area (Å²) in [5, 5.41) is 4.29. The standard InChI is InChI=1S/C32H30Cl2N2O2/c1-23-7-9-26(10-8-23)21-35-32(38)30(19-24-5-3-2-4-6-24)36(22-27-13-17-29(34)18-14-27)31(37)20-25-11-15-28(33)16-12-25/h2-18,30H,19-22H2,1H3,(H,35,38)/t30-/m0/s1. The maximum absolute atomic E-state index is 13.8. The Labute approximate surface area is 234 Å². The number of carbonyl (C=O) groups excluding carboxylic acids is 2. The van der Waals surface area contributed by atoms with Crippen LogP contribution in [0.3, 0.4) is 0 Å². The molecule has 194 valence electrons. The van der Waals surface area contributed by atoms with Crippen molar-refractivity contribution in [3.05, 3.63) is 141 Å². The highest BCUT2D eigenvalue weighted by molar-refractivity contribution is 6.30. The molecule has 1 N–H and O–H groups in total. The monoisotopic (exact) mass is 544 g/mol. The summed E-state index contributed by atoms with van der Waals surface area (Å²) >= 11 is 12.2. The molecule has 0 aliphatic heterocycles. The molecule has 6 heteroatoms. The molecule has 4 nitrogen and oxygen atoms in total. The van der Waals surface area contributed by atoms with Crippen molar-refractivity contribution < 1.29 is 9.59 Å². The summed E-state index contributed by atoms with van der Waals surface area (Å²) in [5.74, 6) is -0.346. The molecule has 0 saturated heterocycles. The highest BCUT2D eigenvalue weighted by atomic mass is 35.5. The SMILES string of the molecule is Cc1ccc(CNC(=O)[C@H](Cc2ccccc2)N(Cc2ccc(Cl)cc2)C(=O)Cc2ccc(Cl)cc2)cc1. The minimum Gasteiger partial charge on any atom is -0.350 e. The van der Waals surface area contributed by atoms with Crippen molar-refractivity contribution in [2.75, 3.05) is 0 Å². The van der Waals surface area contributed by atoms with Gasteiger partial charge in [0.05, 0.1) is 6.42 Å². The third-order valence-corrected chi connectivity index (χ3v) is 6.90. The average Bonchev–Trinajstić information content (AvgIpc) is 2.93. The molecule has 38 heavy (non-hydrogen) atoms. The van der Waals surface area contributed by atoms with Crippen LogP contribution in [0.1, 0.15) is 27.8 Å². The lowest BCUT2D eigenvalue weighted by Crippen LogP contribution is -2.50. The van der Waals surface area contributed by atoms with Gasteiger partial charge in [-0.15, -0.1) is 0 Å². The molecule has 4 aromatic carbocycles. The molecule has 4 aromatic rings. The number of nitrogens with one attached hydrogen (secondary N) is 1. The lowest BCUT2D eigenvalue weighted by atomic mass is 10.0. The van der Waals surface area contributed by atoms with Crippen LogP contribution in [-0.2, 0) is 35.5 Å². The molecule has 0 radical (unpaired) electrons. The number of amides is 2. The summed E-state index contributed by atoms with van der Waals surface area (Å²) in [6.45, 7) is 2.68. The molecule has 2 amide bonds. The van der Waals surface area contributed by atoms with Crippen LogP contribution in [0.15, 0.2) is 103 Å². The van der Waals surface area contributed by atoms with E-state index in [2.05, 4.69) is 5.32 Å². The van der Waals surface area contributed by atoms with Gasteiger partial charge in [0.15, 0.2) is 0 Å². The van der Waals surface area contributed by atoms with E-state index in [9.17, 15) is 9.59 Å². The zero-order valence-corrected chi connectivity index (χ0v) is 22.8. The average molecular weight is 546 g/mol. The van der Waals surface area contributed by atoms with Crippen LogP contribution >= 0.6 is 23.2 Å². The number of nitrogens with zero attached hydrogens (tertiary/aromatic N) is 1. The molecule has 0 aliphatic rings. The normalized spacial score (nSPS) is 11.6. The number of aryl methyl sites for hydroxylation is 1. The lowest BCUT2D eigenvalue weighted by molar-refractivity contribution is -0.140. The molecule has 1 atom stereocenters. The van der Waals surface area contributed by atoms with E-state index in [4.69, 9.17) is 23.2 Å². The van der Waals surface area contributed by atoms with Gasteiger partial charge in [0.25, 0.3) is 0 Å². The fraction of sp³-hybridized carbons (Fsp3) is 0.188. The van der Waals surface area contributed by atoms with Crippen molar-refractivity contribution in [1.82, 2.24) is 10.2 Å². The van der Waals surface area contributed by atoms with Crippen molar-refractivity contribution >= 4 is 35.0 Å². The molecule has 0 bridgehead atoms. The van der Waals surface area contributed by atoms with Crippen LogP contribution in [0.2, 0.25) is 10.0 Å². The number of hydrogen-bond donors (Lipinski definition) is 1. The van der Waals surface area contributed by atoms with E-state index in [1.54, 1.807) is 29.2 Å². The Hall–Kier alpha value is -3.60. The van der Waals surface area contributed by atoms with Crippen molar-refractivity contribution in [2.24, 2.45) is 0 Å². The van der Waals surface area contributed by atoms with Gasteiger partial charge < -0.3 is 10.2 Å². The minimum atomic E-state index is -0.710. The second-order valence-corrected chi connectivity index (χ2v) is 10.2. The summed E-state index contributed by atoms with van der Waals surface area (Å²) < 4.78 is 0. The Morgan fingerprint density at radius 3 is 1.87 bits per heavy atom. The predicted octanol–water partition coefficient (Wildman–Crippen LogP) is 6.80. The number of rotatable bonds is 10. The van der Waals surface area contributed by atoms with Gasteiger partial charge in [-0.1, -0.05) is 108 Å². The molecular formula is C32H30Cl2N2O2. The van der Waals surface area contributed by atoms with E-state index in [1.807, 2.05) is 85.8 Å². The van der Waals surface area contributed by atoms with Gasteiger partial charge in [-0.25, -0.2) is 0 Å². The van der Waals surface area contributed by atoms with E-state index < -0.39 is 6.04 Å². The lowest BCUT2D eigenvalue weighted by Gasteiger charge is -2.32. The first-order chi connectivity index (χ1) is 18.4. The van der Waals surface area contributed by atoms with Crippen LogP contribution < -0.4 is 5.32 Å². The summed E-state index contributed by atoms with van der Waals surface area (Å²) in [4.78, 5) is 29.2. The Morgan fingerprint density at radius 1 is 0.711 bits per heavy atom. The number of halogens is 2. The maximum atomic E-state index is 13.8. The zero-order chi connectivity index (χ0) is 26.9. The van der Waals surface area contributed by atoms with Gasteiger partial charge in [-0.3, -0.25) is 9.59 Å². The predicted molar refractivity (Wildman–Crippen MR) is 154 cm³/mol. The second kappa shape index (κ2) is 13.3. The molecule has 0 saturated carbocycles. The summed E-state index contributed by atoms with van der Waals surface area (Å²) in [7, 11) is 0. The fourth-order valence-corrected chi connectivity index (χ4v) is 4.48. The quantitative estimate of drug-likeness (QED) is 0.238. The minimum absolute atomic E-state index is 0.145. The highest BCUT2D eigenvalue weighted by Crippen LogP contribution is 2.19. The van der Waals surface area contributed by atoms with Crippen LogP contribution in [0.5, 0.6) is 0 Å².